The first-order valence-corrected chi connectivity index (χ1v) is 3.88. The van der Waals surface area contributed by atoms with Crippen LogP contribution in [0.25, 0.3) is 0 Å². The Hall–Kier alpha value is -0.540. The van der Waals surface area contributed by atoms with E-state index in [1.165, 1.54) is 0 Å². The van der Waals surface area contributed by atoms with Gasteiger partial charge in [0.2, 0.25) is 0 Å². The van der Waals surface area contributed by atoms with E-state index >= 15 is 0 Å². The zero-order chi connectivity index (χ0) is 8.27. The molecule has 0 fully saturated rings. The summed E-state index contributed by atoms with van der Waals surface area (Å²) in [7, 11) is 1.57. The van der Waals surface area contributed by atoms with Crippen molar-refractivity contribution >= 4 is 15.9 Å². The SMILES string of the molecule is COc1ccc(Br)cc1[CH]O. The number of methoxy groups -OCH3 is 1. The summed E-state index contributed by atoms with van der Waals surface area (Å²) in [4.78, 5) is 0. The summed E-state index contributed by atoms with van der Waals surface area (Å²) in [5.74, 6) is 0.663. The average Bonchev–Trinajstić information content (AvgIpc) is 2.04. The maximum atomic E-state index is 8.75. The molecular formula is C8H8BrO2. The number of halogens is 1. The van der Waals surface area contributed by atoms with Crippen molar-refractivity contribution in [1.29, 1.82) is 0 Å². The summed E-state index contributed by atoms with van der Waals surface area (Å²) in [6.45, 7) is 1.02. The highest BCUT2D eigenvalue weighted by Crippen LogP contribution is 2.23. The number of ether oxygens (including phenoxy) is 1. The lowest BCUT2D eigenvalue weighted by Crippen LogP contribution is -1.89. The second-order valence-corrected chi connectivity index (χ2v) is 2.93. The van der Waals surface area contributed by atoms with Gasteiger partial charge in [0.25, 0.3) is 0 Å². The minimum Gasteiger partial charge on any atom is -0.496 e. The maximum Gasteiger partial charge on any atom is 0.124 e. The molecule has 1 N–H and O–H groups in total. The van der Waals surface area contributed by atoms with Crippen molar-refractivity contribution in [2.24, 2.45) is 0 Å². The average molecular weight is 216 g/mol. The van der Waals surface area contributed by atoms with Gasteiger partial charge in [-0.05, 0) is 18.2 Å². The Morgan fingerprint density at radius 3 is 2.82 bits per heavy atom. The van der Waals surface area contributed by atoms with Gasteiger partial charge in [-0.15, -0.1) is 0 Å². The van der Waals surface area contributed by atoms with Gasteiger partial charge in [0.05, 0.1) is 7.11 Å². The van der Waals surface area contributed by atoms with Crippen LogP contribution >= 0.6 is 15.9 Å². The molecule has 0 saturated carbocycles. The molecule has 0 aliphatic heterocycles. The van der Waals surface area contributed by atoms with Crippen LogP contribution in [-0.2, 0) is 0 Å². The lowest BCUT2D eigenvalue weighted by Gasteiger charge is -2.04. The molecule has 1 rings (SSSR count). The summed E-state index contributed by atoms with van der Waals surface area (Å²) in [6, 6.07) is 5.41. The van der Waals surface area contributed by atoms with Crippen LogP contribution in [0.5, 0.6) is 5.75 Å². The summed E-state index contributed by atoms with van der Waals surface area (Å²) >= 11 is 3.28. The molecule has 59 valence electrons. The molecule has 2 nitrogen and oxygen atoms in total. The Kier molecular flexibility index (Phi) is 2.91. The fraction of sp³-hybridized carbons (Fsp3) is 0.125. The van der Waals surface area contributed by atoms with E-state index < -0.39 is 0 Å². The molecule has 0 unspecified atom stereocenters. The third kappa shape index (κ3) is 1.94. The number of aliphatic hydroxyl groups is 1. The topological polar surface area (TPSA) is 29.5 Å². The van der Waals surface area contributed by atoms with E-state index in [0.29, 0.717) is 11.3 Å². The molecule has 0 bridgehead atoms. The van der Waals surface area contributed by atoms with Crippen LogP contribution in [-0.4, -0.2) is 12.2 Å². The minimum absolute atomic E-state index is 0.663. The minimum atomic E-state index is 0.663. The van der Waals surface area contributed by atoms with E-state index in [9.17, 15) is 0 Å². The highest BCUT2D eigenvalue weighted by molar-refractivity contribution is 9.10. The molecule has 0 heterocycles. The highest BCUT2D eigenvalue weighted by Gasteiger charge is 2.01. The smallest absolute Gasteiger partial charge is 0.124 e. The van der Waals surface area contributed by atoms with Crippen molar-refractivity contribution in [2.75, 3.05) is 7.11 Å². The number of benzene rings is 1. The van der Waals surface area contributed by atoms with Gasteiger partial charge in [-0.3, -0.25) is 0 Å². The van der Waals surface area contributed by atoms with Crippen LogP contribution in [0.4, 0.5) is 0 Å². The first kappa shape index (κ1) is 8.56. The number of aliphatic hydroxyl groups excluding tert-OH is 1. The van der Waals surface area contributed by atoms with Gasteiger partial charge in [0.15, 0.2) is 0 Å². The monoisotopic (exact) mass is 215 g/mol. The first-order chi connectivity index (χ1) is 5.27. The second-order valence-electron chi connectivity index (χ2n) is 2.02. The Morgan fingerprint density at radius 2 is 2.27 bits per heavy atom. The van der Waals surface area contributed by atoms with Gasteiger partial charge in [-0.2, -0.15) is 0 Å². The van der Waals surface area contributed by atoms with Gasteiger partial charge in [0.1, 0.15) is 12.4 Å². The Balaban J connectivity index is 3.06. The zero-order valence-electron chi connectivity index (χ0n) is 6.04. The molecule has 1 aromatic rings. The van der Waals surface area contributed by atoms with Crippen LogP contribution in [0.15, 0.2) is 22.7 Å². The molecule has 0 spiro atoms. The molecule has 0 saturated heterocycles. The lowest BCUT2D eigenvalue weighted by molar-refractivity contribution is 0.384. The molecule has 0 atom stereocenters. The maximum absolute atomic E-state index is 8.75. The van der Waals surface area contributed by atoms with Crippen molar-refractivity contribution in [2.45, 2.75) is 0 Å². The largest absolute Gasteiger partial charge is 0.496 e. The molecule has 11 heavy (non-hydrogen) atoms. The lowest BCUT2D eigenvalue weighted by atomic mass is 10.2. The second kappa shape index (κ2) is 3.74. The molecule has 1 radical (unpaired) electrons. The summed E-state index contributed by atoms with van der Waals surface area (Å²) < 4.78 is 5.89. The molecule has 3 heteroatoms. The van der Waals surface area contributed by atoms with Gasteiger partial charge < -0.3 is 9.84 Å². The molecule has 0 aromatic heterocycles. The predicted molar refractivity (Wildman–Crippen MR) is 46.0 cm³/mol. The summed E-state index contributed by atoms with van der Waals surface area (Å²) in [5.41, 5.74) is 0.668. The highest BCUT2D eigenvalue weighted by atomic mass is 79.9. The fourth-order valence-corrected chi connectivity index (χ4v) is 1.18. The zero-order valence-corrected chi connectivity index (χ0v) is 7.63. The van der Waals surface area contributed by atoms with Crippen LogP contribution in [0, 0.1) is 6.61 Å². The molecular weight excluding hydrogens is 208 g/mol. The van der Waals surface area contributed by atoms with E-state index in [1.54, 1.807) is 19.2 Å². The molecule has 0 aliphatic rings. The van der Waals surface area contributed by atoms with Gasteiger partial charge in [0, 0.05) is 10.0 Å². The van der Waals surface area contributed by atoms with Crippen molar-refractivity contribution < 1.29 is 9.84 Å². The number of hydrogen-bond donors (Lipinski definition) is 1. The number of hydrogen-bond acceptors (Lipinski definition) is 2. The summed E-state index contributed by atoms with van der Waals surface area (Å²) in [6.07, 6.45) is 0. The van der Waals surface area contributed by atoms with Crippen LogP contribution in [0.2, 0.25) is 0 Å². The van der Waals surface area contributed by atoms with Crippen LogP contribution in [0.1, 0.15) is 5.56 Å². The standard InChI is InChI=1S/C8H8BrO2/c1-11-8-3-2-7(9)4-6(8)5-10/h2-5,10H,1H3. The van der Waals surface area contributed by atoms with Crippen LogP contribution in [0.3, 0.4) is 0 Å². The molecule has 0 amide bonds. The van der Waals surface area contributed by atoms with Crippen molar-refractivity contribution in [1.82, 2.24) is 0 Å². The van der Waals surface area contributed by atoms with Gasteiger partial charge in [-0.1, -0.05) is 15.9 Å². The third-order valence-corrected chi connectivity index (χ3v) is 1.82. The van der Waals surface area contributed by atoms with Gasteiger partial charge >= 0.3 is 0 Å². The fourth-order valence-electron chi connectivity index (χ4n) is 0.806. The normalized spacial score (nSPS) is 9.73. The first-order valence-electron chi connectivity index (χ1n) is 3.09. The van der Waals surface area contributed by atoms with E-state index in [2.05, 4.69) is 15.9 Å². The third-order valence-electron chi connectivity index (χ3n) is 1.33. The van der Waals surface area contributed by atoms with Crippen molar-refractivity contribution in [3.05, 3.63) is 34.8 Å². The molecule has 0 aliphatic carbocycles. The van der Waals surface area contributed by atoms with E-state index in [1.807, 2.05) is 6.07 Å². The van der Waals surface area contributed by atoms with Crippen molar-refractivity contribution in [3.8, 4) is 5.75 Å². The number of rotatable bonds is 2. The van der Waals surface area contributed by atoms with Gasteiger partial charge in [-0.25, -0.2) is 0 Å². The Bertz CT molecular complexity index is 248. The predicted octanol–water partition coefficient (Wildman–Crippen LogP) is 2.34. The van der Waals surface area contributed by atoms with E-state index in [0.717, 1.165) is 11.1 Å². The Morgan fingerprint density at radius 1 is 1.55 bits per heavy atom. The van der Waals surface area contributed by atoms with E-state index in [4.69, 9.17) is 9.84 Å². The molecule has 1 aromatic carbocycles. The quantitative estimate of drug-likeness (QED) is 0.821. The van der Waals surface area contributed by atoms with E-state index in [-0.39, 0.29) is 0 Å². The van der Waals surface area contributed by atoms with Crippen LogP contribution < -0.4 is 4.74 Å². The summed E-state index contributed by atoms with van der Waals surface area (Å²) in [5, 5.41) is 8.75. The Labute approximate surface area is 73.9 Å². The van der Waals surface area contributed by atoms with Crippen molar-refractivity contribution in [3.63, 3.8) is 0 Å².